The number of hydrogen-bond donors (Lipinski definition) is 1. The summed E-state index contributed by atoms with van der Waals surface area (Å²) in [6, 6.07) is 6.68. The molecule has 0 aliphatic rings. The van der Waals surface area contributed by atoms with Crippen molar-refractivity contribution in [1.29, 1.82) is 0 Å². The van der Waals surface area contributed by atoms with Crippen LogP contribution in [0.2, 0.25) is 0 Å². The maximum absolute atomic E-state index is 13.0. The number of aromatic nitrogens is 1. The van der Waals surface area contributed by atoms with Crippen molar-refractivity contribution in [3.63, 3.8) is 0 Å². The highest BCUT2D eigenvalue weighted by Gasteiger charge is 2.07. The lowest BCUT2D eigenvalue weighted by Crippen LogP contribution is -2.21. The molecule has 0 spiro atoms. The van der Waals surface area contributed by atoms with E-state index in [1.54, 1.807) is 13.0 Å². The zero-order chi connectivity index (χ0) is 14.5. The van der Waals surface area contributed by atoms with Crippen LogP contribution in [0.25, 0.3) is 0 Å². The van der Waals surface area contributed by atoms with Gasteiger partial charge in [-0.05, 0) is 30.7 Å². The number of nitrogens with zero attached hydrogens (tertiary/aromatic N) is 1. The Balaban J connectivity index is 1.90. The summed E-state index contributed by atoms with van der Waals surface area (Å²) in [5.74, 6) is 1.02. The second kappa shape index (κ2) is 6.52. The first-order valence-electron chi connectivity index (χ1n) is 6.61. The smallest absolute Gasteiger partial charge is 0.174 e. The van der Waals surface area contributed by atoms with Gasteiger partial charge in [-0.3, -0.25) is 0 Å². The molecule has 1 heterocycles. The summed E-state index contributed by atoms with van der Waals surface area (Å²) in [6.07, 6.45) is 0. The number of nitrogens with one attached hydrogen (secondary N) is 1. The Morgan fingerprint density at radius 3 is 2.85 bits per heavy atom. The van der Waals surface area contributed by atoms with Gasteiger partial charge in [0.1, 0.15) is 18.2 Å². The van der Waals surface area contributed by atoms with Crippen molar-refractivity contribution >= 4 is 0 Å². The lowest BCUT2D eigenvalue weighted by atomic mass is 10.2. The van der Waals surface area contributed by atoms with Crippen molar-refractivity contribution in [2.24, 2.45) is 0 Å². The van der Waals surface area contributed by atoms with Crippen LogP contribution >= 0.6 is 0 Å². The maximum atomic E-state index is 13.0. The molecule has 2 rings (SSSR count). The summed E-state index contributed by atoms with van der Waals surface area (Å²) >= 11 is 0. The quantitative estimate of drug-likeness (QED) is 0.881. The van der Waals surface area contributed by atoms with Gasteiger partial charge in [0.15, 0.2) is 5.76 Å². The van der Waals surface area contributed by atoms with Crippen molar-refractivity contribution in [3.05, 3.63) is 47.1 Å². The highest BCUT2D eigenvalue weighted by atomic mass is 19.1. The molecule has 5 heteroatoms. The molecule has 0 aliphatic heterocycles. The van der Waals surface area contributed by atoms with Gasteiger partial charge in [0.25, 0.3) is 0 Å². The third-order valence-corrected chi connectivity index (χ3v) is 2.81. The van der Waals surface area contributed by atoms with Crippen LogP contribution in [0.3, 0.4) is 0 Å². The maximum Gasteiger partial charge on any atom is 0.174 e. The Kier molecular flexibility index (Phi) is 4.74. The second-order valence-electron chi connectivity index (χ2n) is 5.02. The standard InChI is InChI=1S/C15H19FN2O2/c1-10(2)17-8-13-7-14(20-18-13)9-19-15-5-4-12(16)6-11(15)3/h4-7,10,17H,8-9H2,1-3H3. The Labute approximate surface area is 117 Å². The Morgan fingerprint density at radius 2 is 2.15 bits per heavy atom. The molecule has 0 aliphatic carbocycles. The molecule has 0 unspecified atom stereocenters. The van der Waals surface area contributed by atoms with Crippen molar-refractivity contribution in [3.8, 4) is 5.75 Å². The summed E-state index contributed by atoms with van der Waals surface area (Å²) in [6.45, 7) is 6.89. The van der Waals surface area contributed by atoms with Crippen LogP contribution in [0.1, 0.15) is 30.9 Å². The van der Waals surface area contributed by atoms with Gasteiger partial charge in [-0.1, -0.05) is 19.0 Å². The van der Waals surface area contributed by atoms with Crippen molar-refractivity contribution < 1.29 is 13.7 Å². The summed E-state index contributed by atoms with van der Waals surface area (Å²) < 4.78 is 23.8. The number of hydrogen-bond acceptors (Lipinski definition) is 4. The fourth-order valence-corrected chi connectivity index (χ4v) is 1.74. The van der Waals surface area contributed by atoms with E-state index in [0.717, 1.165) is 11.3 Å². The molecule has 1 aromatic heterocycles. The van der Waals surface area contributed by atoms with Crippen LogP contribution in [-0.2, 0) is 13.2 Å². The molecule has 0 fully saturated rings. The predicted octanol–water partition coefficient (Wildman–Crippen LogP) is 3.20. The third kappa shape index (κ3) is 4.06. The van der Waals surface area contributed by atoms with Gasteiger partial charge in [0.05, 0.1) is 5.69 Å². The molecule has 4 nitrogen and oxygen atoms in total. The van der Waals surface area contributed by atoms with Crippen molar-refractivity contribution in [2.45, 2.75) is 40.0 Å². The van der Waals surface area contributed by atoms with Crippen LogP contribution in [0.4, 0.5) is 4.39 Å². The minimum absolute atomic E-state index is 0.267. The molecule has 1 aromatic carbocycles. The van der Waals surface area contributed by atoms with Crippen LogP contribution < -0.4 is 10.1 Å². The summed E-state index contributed by atoms with van der Waals surface area (Å²) in [5, 5.41) is 7.22. The van der Waals surface area contributed by atoms with E-state index < -0.39 is 0 Å². The molecule has 0 amide bonds. The predicted molar refractivity (Wildman–Crippen MR) is 73.9 cm³/mol. The van der Waals surface area contributed by atoms with Crippen molar-refractivity contribution in [2.75, 3.05) is 0 Å². The number of halogens is 1. The molecule has 0 saturated carbocycles. The van der Waals surface area contributed by atoms with Gasteiger partial charge >= 0.3 is 0 Å². The molecule has 0 radical (unpaired) electrons. The first kappa shape index (κ1) is 14.5. The van der Waals surface area contributed by atoms with E-state index in [2.05, 4.69) is 24.3 Å². The average molecular weight is 278 g/mol. The molecule has 0 saturated heterocycles. The SMILES string of the molecule is Cc1cc(F)ccc1OCc1cc(CNC(C)C)no1. The second-order valence-corrected chi connectivity index (χ2v) is 5.02. The van der Waals surface area contributed by atoms with E-state index in [-0.39, 0.29) is 12.4 Å². The van der Waals surface area contributed by atoms with Gasteiger partial charge in [-0.15, -0.1) is 0 Å². The fourth-order valence-electron chi connectivity index (χ4n) is 1.74. The molecule has 0 bridgehead atoms. The largest absolute Gasteiger partial charge is 0.485 e. The Bertz CT molecular complexity index is 567. The Hall–Kier alpha value is -1.88. The van der Waals surface area contributed by atoms with Crippen molar-refractivity contribution in [1.82, 2.24) is 10.5 Å². The first-order chi connectivity index (χ1) is 9.54. The number of aryl methyl sites for hydroxylation is 1. The molecule has 108 valence electrons. The van der Waals surface area contributed by atoms with Gasteiger partial charge < -0.3 is 14.6 Å². The minimum atomic E-state index is -0.267. The zero-order valence-corrected chi connectivity index (χ0v) is 11.9. The summed E-state index contributed by atoms with van der Waals surface area (Å²) in [4.78, 5) is 0. The molecular weight excluding hydrogens is 259 g/mol. The lowest BCUT2D eigenvalue weighted by molar-refractivity contribution is 0.247. The van der Waals surface area contributed by atoms with Crippen LogP contribution in [0.15, 0.2) is 28.8 Å². The topological polar surface area (TPSA) is 47.3 Å². The summed E-state index contributed by atoms with van der Waals surface area (Å²) in [7, 11) is 0. The van der Waals surface area contributed by atoms with Crippen LogP contribution in [0, 0.1) is 12.7 Å². The minimum Gasteiger partial charge on any atom is -0.485 e. The van der Waals surface area contributed by atoms with Gasteiger partial charge in [0, 0.05) is 18.7 Å². The van der Waals surface area contributed by atoms with Crippen LogP contribution in [-0.4, -0.2) is 11.2 Å². The van der Waals surface area contributed by atoms with E-state index in [0.29, 0.717) is 24.1 Å². The zero-order valence-electron chi connectivity index (χ0n) is 11.9. The molecule has 20 heavy (non-hydrogen) atoms. The summed E-state index contributed by atoms with van der Waals surface area (Å²) in [5.41, 5.74) is 1.60. The van der Waals surface area contributed by atoms with Gasteiger partial charge in [-0.2, -0.15) is 0 Å². The van der Waals surface area contributed by atoms with E-state index in [1.807, 2.05) is 6.07 Å². The first-order valence-corrected chi connectivity index (χ1v) is 6.61. The molecule has 0 atom stereocenters. The fraction of sp³-hybridized carbons (Fsp3) is 0.400. The normalized spacial score (nSPS) is 11.1. The highest BCUT2D eigenvalue weighted by molar-refractivity contribution is 5.32. The van der Waals surface area contributed by atoms with E-state index in [4.69, 9.17) is 9.26 Å². The lowest BCUT2D eigenvalue weighted by Gasteiger charge is -2.06. The molecular formula is C15H19FN2O2. The van der Waals surface area contributed by atoms with Gasteiger partial charge in [-0.25, -0.2) is 4.39 Å². The average Bonchev–Trinajstić information content (AvgIpc) is 2.83. The number of ether oxygens (including phenoxy) is 1. The van der Waals surface area contributed by atoms with E-state index in [9.17, 15) is 4.39 Å². The third-order valence-electron chi connectivity index (χ3n) is 2.81. The van der Waals surface area contributed by atoms with Crippen LogP contribution in [0.5, 0.6) is 5.75 Å². The van der Waals surface area contributed by atoms with E-state index in [1.165, 1.54) is 12.1 Å². The monoisotopic (exact) mass is 278 g/mol. The Morgan fingerprint density at radius 1 is 1.35 bits per heavy atom. The van der Waals surface area contributed by atoms with E-state index >= 15 is 0 Å². The number of rotatable bonds is 6. The van der Waals surface area contributed by atoms with Gasteiger partial charge in [0.2, 0.25) is 0 Å². The number of benzene rings is 1. The molecule has 1 N–H and O–H groups in total. The highest BCUT2D eigenvalue weighted by Crippen LogP contribution is 2.19. The molecule has 2 aromatic rings.